The van der Waals surface area contributed by atoms with Crippen LogP contribution in [0.25, 0.3) is 0 Å². The average Bonchev–Trinajstić information content (AvgIpc) is 3.17. The van der Waals surface area contributed by atoms with Gasteiger partial charge in [0, 0.05) is 11.1 Å². The Labute approximate surface area is 106 Å². The molecule has 0 spiro atoms. The van der Waals surface area contributed by atoms with Crippen molar-refractivity contribution in [1.82, 2.24) is 5.32 Å². The number of rotatable bonds is 3. The molecule has 1 N–H and O–H groups in total. The summed E-state index contributed by atoms with van der Waals surface area (Å²) in [4.78, 5) is 11.5. The van der Waals surface area contributed by atoms with Gasteiger partial charge in [-0.2, -0.15) is 13.2 Å². The summed E-state index contributed by atoms with van der Waals surface area (Å²) in [5, 5.41) is 8.55. The van der Waals surface area contributed by atoms with E-state index in [0.717, 1.165) is 0 Å². The third kappa shape index (κ3) is 2.29. The molecule has 19 heavy (non-hydrogen) atoms. The molecule has 0 unspecified atom stereocenters. The van der Waals surface area contributed by atoms with Crippen LogP contribution in [-0.2, 0) is 5.66 Å². The van der Waals surface area contributed by atoms with Crippen molar-refractivity contribution in [3.63, 3.8) is 0 Å². The van der Waals surface area contributed by atoms with E-state index in [1.54, 1.807) is 0 Å². The molecule has 1 aromatic carbocycles. The number of carbonyl (C=O) groups is 1. The predicted octanol–water partition coefficient (Wildman–Crippen LogP) is 2.23. The lowest BCUT2D eigenvalue weighted by molar-refractivity contribution is -0.166. The van der Waals surface area contributed by atoms with Gasteiger partial charge in [0.2, 0.25) is 0 Å². The van der Waals surface area contributed by atoms with E-state index >= 15 is 0 Å². The molecule has 1 aliphatic heterocycles. The van der Waals surface area contributed by atoms with Crippen LogP contribution in [0.2, 0.25) is 0 Å². The van der Waals surface area contributed by atoms with Crippen molar-refractivity contribution in [2.24, 2.45) is 10.2 Å². The molecule has 1 aromatic rings. The van der Waals surface area contributed by atoms with Gasteiger partial charge in [-0.3, -0.25) is 4.79 Å². The molecule has 0 atom stereocenters. The topological polar surface area (TPSA) is 53.8 Å². The highest BCUT2D eigenvalue weighted by molar-refractivity contribution is 5.94. The van der Waals surface area contributed by atoms with Crippen molar-refractivity contribution in [3.05, 3.63) is 35.4 Å². The summed E-state index contributed by atoms with van der Waals surface area (Å²) in [6.07, 6.45) is 0.409. The molecule has 0 bridgehead atoms. The number of terminal acetylenes is 1. The number of halogens is 3. The van der Waals surface area contributed by atoms with Gasteiger partial charge in [-0.15, -0.1) is 16.7 Å². The van der Waals surface area contributed by atoms with E-state index < -0.39 is 17.7 Å². The molecule has 7 heteroatoms. The van der Waals surface area contributed by atoms with E-state index in [1.165, 1.54) is 24.3 Å². The average molecular weight is 267 g/mol. The van der Waals surface area contributed by atoms with Crippen molar-refractivity contribution < 1.29 is 18.0 Å². The first-order chi connectivity index (χ1) is 8.90. The quantitative estimate of drug-likeness (QED) is 0.839. The molecular weight excluding hydrogens is 259 g/mol. The van der Waals surface area contributed by atoms with E-state index in [0.29, 0.717) is 0 Å². The number of amides is 1. The predicted molar refractivity (Wildman–Crippen MR) is 60.2 cm³/mol. The van der Waals surface area contributed by atoms with Crippen LogP contribution in [0, 0.1) is 12.3 Å². The highest BCUT2D eigenvalue weighted by Crippen LogP contribution is 2.52. The Kier molecular flexibility index (Phi) is 3.02. The minimum absolute atomic E-state index is 0.0533. The van der Waals surface area contributed by atoms with E-state index in [9.17, 15) is 18.0 Å². The molecule has 0 saturated heterocycles. The lowest BCUT2D eigenvalue weighted by Gasteiger charge is -2.14. The van der Waals surface area contributed by atoms with Crippen LogP contribution < -0.4 is 5.32 Å². The second-order valence-electron chi connectivity index (χ2n) is 3.83. The standard InChI is InChI=1S/C12H8F3N3O/c1-2-7-16-10(19)8-3-5-9(6-4-8)11(17-18-11)12(13,14)15/h1,3-6H,7H2,(H,16,19). The Bertz CT molecular complexity index is 563. The Balaban J connectivity index is 2.16. The molecule has 1 heterocycles. The van der Waals surface area contributed by atoms with Crippen LogP contribution >= 0.6 is 0 Å². The van der Waals surface area contributed by atoms with Gasteiger partial charge in [-0.05, 0) is 12.1 Å². The lowest BCUT2D eigenvalue weighted by Crippen LogP contribution is -2.30. The maximum atomic E-state index is 12.7. The minimum atomic E-state index is -4.57. The molecule has 0 radical (unpaired) electrons. The molecule has 0 fully saturated rings. The molecule has 0 saturated carbocycles. The van der Waals surface area contributed by atoms with Crippen molar-refractivity contribution >= 4 is 5.91 Å². The highest BCUT2D eigenvalue weighted by atomic mass is 19.4. The van der Waals surface area contributed by atoms with E-state index in [-0.39, 0.29) is 17.7 Å². The molecule has 0 aromatic heterocycles. The summed E-state index contributed by atoms with van der Waals surface area (Å²) >= 11 is 0. The summed E-state index contributed by atoms with van der Waals surface area (Å²) in [6, 6.07) is 4.91. The second kappa shape index (κ2) is 4.39. The maximum Gasteiger partial charge on any atom is 0.442 e. The zero-order valence-electron chi connectivity index (χ0n) is 9.53. The summed E-state index contributed by atoms with van der Waals surface area (Å²) in [6.45, 7) is 0.0533. The van der Waals surface area contributed by atoms with Crippen LogP contribution in [0.1, 0.15) is 15.9 Å². The Morgan fingerprint density at radius 3 is 2.32 bits per heavy atom. The number of hydrogen-bond donors (Lipinski definition) is 1. The third-order valence-electron chi connectivity index (χ3n) is 2.60. The zero-order valence-corrected chi connectivity index (χ0v) is 9.53. The molecule has 98 valence electrons. The number of carbonyl (C=O) groups excluding carboxylic acids is 1. The van der Waals surface area contributed by atoms with Crippen molar-refractivity contribution in [3.8, 4) is 12.3 Å². The third-order valence-corrected chi connectivity index (χ3v) is 2.60. The van der Waals surface area contributed by atoms with Gasteiger partial charge < -0.3 is 5.32 Å². The first kappa shape index (κ1) is 13.1. The van der Waals surface area contributed by atoms with Gasteiger partial charge in [-0.25, -0.2) is 0 Å². The fourth-order valence-electron chi connectivity index (χ4n) is 1.53. The number of benzene rings is 1. The largest absolute Gasteiger partial charge is 0.442 e. The lowest BCUT2D eigenvalue weighted by atomic mass is 10.0. The minimum Gasteiger partial charge on any atom is -0.341 e. The summed E-state index contributed by atoms with van der Waals surface area (Å²) in [5.74, 6) is 1.77. The Hall–Kier alpha value is -2.36. The zero-order chi connectivity index (χ0) is 14.1. The molecule has 0 aliphatic carbocycles. The highest BCUT2D eigenvalue weighted by Gasteiger charge is 2.65. The van der Waals surface area contributed by atoms with Gasteiger partial charge in [0.1, 0.15) is 0 Å². The van der Waals surface area contributed by atoms with Crippen LogP contribution in [0.4, 0.5) is 13.2 Å². The summed E-state index contributed by atoms with van der Waals surface area (Å²) in [5.41, 5.74) is -2.36. The first-order valence-corrected chi connectivity index (χ1v) is 5.24. The fourth-order valence-corrected chi connectivity index (χ4v) is 1.53. The first-order valence-electron chi connectivity index (χ1n) is 5.24. The van der Waals surface area contributed by atoms with E-state index in [2.05, 4.69) is 21.5 Å². The smallest absolute Gasteiger partial charge is 0.341 e. The van der Waals surface area contributed by atoms with Crippen molar-refractivity contribution in [2.75, 3.05) is 6.54 Å². The monoisotopic (exact) mass is 267 g/mol. The molecule has 2 rings (SSSR count). The molecular formula is C12H8F3N3O. The fraction of sp³-hybridized carbons (Fsp3) is 0.250. The van der Waals surface area contributed by atoms with Crippen LogP contribution in [0.3, 0.4) is 0 Å². The normalized spacial score (nSPS) is 15.7. The van der Waals surface area contributed by atoms with Gasteiger partial charge in [0.15, 0.2) is 0 Å². The SMILES string of the molecule is C#CCNC(=O)c1ccc(C2(C(F)(F)F)N=N2)cc1. The van der Waals surface area contributed by atoms with Crippen LogP contribution in [0.5, 0.6) is 0 Å². The van der Waals surface area contributed by atoms with Crippen LogP contribution in [0.15, 0.2) is 34.5 Å². The maximum absolute atomic E-state index is 12.7. The summed E-state index contributed by atoms with van der Waals surface area (Å²) in [7, 11) is 0. The number of nitrogens with one attached hydrogen (secondary N) is 1. The molecule has 1 aliphatic rings. The van der Waals surface area contributed by atoms with Crippen LogP contribution in [-0.4, -0.2) is 18.6 Å². The van der Waals surface area contributed by atoms with Gasteiger partial charge in [0.25, 0.3) is 5.91 Å². The van der Waals surface area contributed by atoms with E-state index in [1.807, 2.05) is 0 Å². The Morgan fingerprint density at radius 2 is 1.89 bits per heavy atom. The van der Waals surface area contributed by atoms with Gasteiger partial charge >= 0.3 is 11.8 Å². The summed E-state index contributed by atoms with van der Waals surface area (Å²) < 4.78 is 38.2. The number of alkyl halides is 3. The number of nitrogens with zero attached hydrogens (tertiary/aromatic N) is 2. The van der Waals surface area contributed by atoms with E-state index in [4.69, 9.17) is 6.42 Å². The molecule has 4 nitrogen and oxygen atoms in total. The molecule has 1 amide bonds. The number of hydrogen-bond acceptors (Lipinski definition) is 3. The van der Waals surface area contributed by atoms with Gasteiger partial charge in [0.05, 0.1) is 6.54 Å². The Morgan fingerprint density at radius 1 is 1.32 bits per heavy atom. The van der Waals surface area contributed by atoms with Gasteiger partial charge in [-0.1, -0.05) is 18.1 Å². The second-order valence-corrected chi connectivity index (χ2v) is 3.83. The van der Waals surface area contributed by atoms with Crippen molar-refractivity contribution in [1.29, 1.82) is 0 Å². The van der Waals surface area contributed by atoms with Crippen molar-refractivity contribution in [2.45, 2.75) is 11.8 Å².